The van der Waals surface area contributed by atoms with Crippen LogP contribution in [0.2, 0.25) is 0 Å². The molecule has 0 radical (unpaired) electrons. The zero-order valence-corrected chi connectivity index (χ0v) is 10.9. The van der Waals surface area contributed by atoms with Crippen molar-refractivity contribution in [3.8, 4) is 0 Å². The zero-order chi connectivity index (χ0) is 11.8. The molecule has 1 aromatic rings. The fourth-order valence-electron chi connectivity index (χ4n) is 2.04. The number of rotatable bonds is 7. The van der Waals surface area contributed by atoms with Crippen molar-refractivity contribution in [3.63, 3.8) is 0 Å². The summed E-state index contributed by atoms with van der Waals surface area (Å²) in [4.78, 5) is 0. The van der Waals surface area contributed by atoms with E-state index in [-0.39, 0.29) is 0 Å². The van der Waals surface area contributed by atoms with E-state index in [1.165, 1.54) is 30.4 Å². The summed E-state index contributed by atoms with van der Waals surface area (Å²) in [6, 6.07) is 8.72. The third-order valence-corrected chi connectivity index (χ3v) is 3.18. The van der Waals surface area contributed by atoms with Gasteiger partial charge in [0.2, 0.25) is 0 Å². The molecule has 0 aliphatic rings. The largest absolute Gasteiger partial charge is 0.317 e. The van der Waals surface area contributed by atoms with Gasteiger partial charge in [-0.3, -0.25) is 0 Å². The van der Waals surface area contributed by atoms with Gasteiger partial charge in [0, 0.05) is 0 Å². The molecule has 1 rings (SSSR count). The second-order valence-corrected chi connectivity index (χ2v) is 4.65. The zero-order valence-electron chi connectivity index (χ0n) is 10.9. The molecule has 1 nitrogen and oxygen atoms in total. The van der Waals surface area contributed by atoms with Gasteiger partial charge in [0.05, 0.1) is 0 Å². The van der Waals surface area contributed by atoms with E-state index in [2.05, 4.69) is 50.4 Å². The van der Waals surface area contributed by atoms with Crippen molar-refractivity contribution in [1.29, 1.82) is 0 Å². The van der Waals surface area contributed by atoms with Crippen molar-refractivity contribution in [1.82, 2.24) is 5.32 Å². The van der Waals surface area contributed by atoms with E-state index in [0.717, 1.165) is 13.1 Å². The molecule has 0 aliphatic heterocycles. The number of hydrogen-bond donors (Lipinski definition) is 1. The van der Waals surface area contributed by atoms with Crippen LogP contribution in [-0.2, 0) is 0 Å². The monoisotopic (exact) mass is 219 g/mol. The Bertz CT molecular complexity index is 293. The van der Waals surface area contributed by atoms with Gasteiger partial charge >= 0.3 is 0 Å². The first kappa shape index (κ1) is 13.2. The first-order chi connectivity index (χ1) is 7.75. The second-order valence-electron chi connectivity index (χ2n) is 4.65. The molecular formula is C15H25N. The number of nitrogens with one attached hydrogen (secondary N) is 1. The molecule has 1 heteroatoms. The lowest BCUT2D eigenvalue weighted by atomic mass is 9.94. The van der Waals surface area contributed by atoms with E-state index in [1.807, 2.05) is 0 Å². The lowest BCUT2D eigenvalue weighted by molar-refractivity contribution is 0.577. The van der Waals surface area contributed by atoms with E-state index in [9.17, 15) is 0 Å². The highest BCUT2D eigenvalue weighted by atomic mass is 14.8. The van der Waals surface area contributed by atoms with Crippen molar-refractivity contribution in [3.05, 3.63) is 35.4 Å². The minimum atomic E-state index is 0.662. The fraction of sp³-hybridized carbons (Fsp3) is 0.600. The molecule has 0 saturated heterocycles. The maximum atomic E-state index is 3.51. The van der Waals surface area contributed by atoms with Crippen molar-refractivity contribution in [2.45, 2.75) is 46.0 Å². The molecule has 1 N–H and O–H groups in total. The Morgan fingerprint density at radius 3 is 2.62 bits per heavy atom. The molecule has 1 aromatic carbocycles. The Labute approximate surface area is 100 Å². The molecule has 90 valence electrons. The standard InChI is InChI=1S/C15H25N/c1-4-5-11-16-12-10-14(3)15-9-7-6-8-13(15)2/h6-9,14,16H,4-5,10-12H2,1-3H3. The van der Waals surface area contributed by atoms with Gasteiger partial charge in [0.1, 0.15) is 0 Å². The normalized spacial score (nSPS) is 12.7. The summed E-state index contributed by atoms with van der Waals surface area (Å²) in [6.45, 7) is 9.06. The molecule has 0 saturated carbocycles. The lowest BCUT2D eigenvalue weighted by Crippen LogP contribution is -2.18. The average Bonchev–Trinajstić information content (AvgIpc) is 2.29. The van der Waals surface area contributed by atoms with Crippen LogP contribution in [0, 0.1) is 6.92 Å². The number of aryl methyl sites for hydroxylation is 1. The van der Waals surface area contributed by atoms with Gasteiger partial charge in [-0.2, -0.15) is 0 Å². The number of hydrogen-bond acceptors (Lipinski definition) is 1. The molecule has 0 aliphatic carbocycles. The molecule has 0 aromatic heterocycles. The molecule has 1 unspecified atom stereocenters. The van der Waals surface area contributed by atoms with Gasteiger partial charge in [-0.05, 0) is 49.9 Å². The maximum Gasteiger partial charge on any atom is -0.00432 e. The Balaban J connectivity index is 2.30. The van der Waals surface area contributed by atoms with Crippen LogP contribution < -0.4 is 5.32 Å². The number of unbranched alkanes of at least 4 members (excludes halogenated alkanes) is 1. The molecule has 0 spiro atoms. The molecule has 16 heavy (non-hydrogen) atoms. The van der Waals surface area contributed by atoms with Gasteiger partial charge in [0.25, 0.3) is 0 Å². The van der Waals surface area contributed by atoms with E-state index in [4.69, 9.17) is 0 Å². The van der Waals surface area contributed by atoms with Crippen LogP contribution in [0.15, 0.2) is 24.3 Å². The summed E-state index contributed by atoms with van der Waals surface area (Å²) in [6.07, 6.45) is 3.80. The quantitative estimate of drug-likeness (QED) is 0.686. The van der Waals surface area contributed by atoms with Crippen molar-refractivity contribution < 1.29 is 0 Å². The highest BCUT2D eigenvalue weighted by Crippen LogP contribution is 2.21. The Hall–Kier alpha value is -0.820. The van der Waals surface area contributed by atoms with E-state index >= 15 is 0 Å². The Morgan fingerprint density at radius 1 is 1.19 bits per heavy atom. The molecular weight excluding hydrogens is 194 g/mol. The van der Waals surface area contributed by atoms with Crippen LogP contribution in [0.4, 0.5) is 0 Å². The van der Waals surface area contributed by atoms with Gasteiger partial charge in [-0.1, -0.05) is 44.5 Å². The van der Waals surface area contributed by atoms with Crippen LogP contribution in [-0.4, -0.2) is 13.1 Å². The third kappa shape index (κ3) is 4.36. The minimum absolute atomic E-state index is 0.662. The Kier molecular flexibility index (Phi) is 6.17. The predicted octanol–water partition coefficient (Wildman–Crippen LogP) is 3.88. The summed E-state index contributed by atoms with van der Waals surface area (Å²) < 4.78 is 0. The van der Waals surface area contributed by atoms with Gasteiger partial charge in [0.15, 0.2) is 0 Å². The highest BCUT2D eigenvalue weighted by Gasteiger charge is 2.06. The van der Waals surface area contributed by atoms with Gasteiger partial charge in [-0.25, -0.2) is 0 Å². The van der Waals surface area contributed by atoms with E-state index in [0.29, 0.717) is 5.92 Å². The van der Waals surface area contributed by atoms with Crippen LogP contribution in [0.1, 0.15) is 50.2 Å². The first-order valence-corrected chi connectivity index (χ1v) is 6.52. The smallest absolute Gasteiger partial charge is 0.00432 e. The summed E-state index contributed by atoms with van der Waals surface area (Å²) in [7, 11) is 0. The van der Waals surface area contributed by atoms with Crippen LogP contribution >= 0.6 is 0 Å². The summed E-state index contributed by atoms with van der Waals surface area (Å²) in [5.41, 5.74) is 2.92. The van der Waals surface area contributed by atoms with Crippen LogP contribution in [0.3, 0.4) is 0 Å². The summed E-state index contributed by atoms with van der Waals surface area (Å²) in [5, 5.41) is 3.51. The average molecular weight is 219 g/mol. The first-order valence-electron chi connectivity index (χ1n) is 6.52. The fourth-order valence-corrected chi connectivity index (χ4v) is 2.04. The topological polar surface area (TPSA) is 12.0 Å². The van der Waals surface area contributed by atoms with Crippen molar-refractivity contribution in [2.75, 3.05) is 13.1 Å². The molecule has 0 heterocycles. The van der Waals surface area contributed by atoms with Crippen molar-refractivity contribution >= 4 is 0 Å². The van der Waals surface area contributed by atoms with E-state index in [1.54, 1.807) is 0 Å². The maximum absolute atomic E-state index is 3.51. The minimum Gasteiger partial charge on any atom is -0.317 e. The van der Waals surface area contributed by atoms with Crippen LogP contribution in [0.25, 0.3) is 0 Å². The number of benzene rings is 1. The molecule has 1 atom stereocenters. The predicted molar refractivity (Wildman–Crippen MR) is 72.0 cm³/mol. The SMILES string of the molecule is CCCCNCCC(C)c1ccccc1C. The Morgan fingerprint density at radius 2 is 1.94 bits per heavy atom. The molecule has 0 amide bonds. The molecule has 0 bridgehead atoms. The third-order valence-electron chi connectivity index (χ3n) is 3.18. The molecule has 0 fully saturated rings. The van der Waals surface area contributed by atoms with Gasteiger partial charge < -0.3 is 5.32 Å². The van der Waals surface area contributed by atoms with Crippen molar-refractivity contribution in [2.24, 2.45) is 0 Å². The summed E-state index contributed by atoms with van der Waals surface area (Å²) >= 11 is 0. The highest BCUT2D eigenvalue weighted by molar-refractivity contribution is 5.28. The summed E-state index contributed by atoms with van der Waals surface area (Å²) in [5.74, 6) is 0.662. The second kappa shape index (κ2) is 7.45. The van der Waals surface area contributed by atoms with Crippen LogP contribution in [0.5, 0.6) is 0 Å². The van der Waals surface area contributed by atoms with Gasteiger partial charge in [-0.15, -0.1) is 0 Å². The lowest BCUT2D eigenvalue weighted by Gasteiger charge is -2.14. The van der Waals surface area contributed by atoms with E-state index < -0.39 is 0 Å².